The van der Waals surface area contributed by atoms with Crippen molar-refractivity contribution in [2.75, 3.05) is 11.5 Å². The molecule has 0 atom stereocenters. The van der Waals surface area contributed by atoms with E-state index in [-0.39, 0.29) is 0 Å². The molecule has 0 unspecified atom stereocenters. The van der Waals surface area contributed by atoms with Gasteiger partial charge in [-0.2, -0.15) is 11.8 Å². The van der Waals surface area contributed by atoms with Gasteiger partial charge in [0, 0.05) is 16.3 Å². The third-order valence-corrected chi connectivity index (χ3v) is 3.26. The molecule has 0 fully saturated rings. The SMILES string of the molecule is CC(C)(C)CSC/C(Cl)=C/Cl. The van der Waals surface area contributed by atoms with Gasteiger partial charge in [-0.15, -0.1) is 0 Å². The van der Waals surface area contributed by atoms with Crippen LogP contribution in [0.1, 0.15) is 20.8 Å². The number of hydrogen-bond donors (Lipinski definition) is 0. The van der Waals surface area contributed by atoms with E-state index in [9.17, 15) is 0 Å². The molecule has 0 bridgehead atoms. The van der Waals surface area contributed by atoms with Crippen LogP contribution in [0.4, 0.5) is 0 Å². The standard InChI is InChI=1S/C8H14Cl2S/c1-8(2,3)6-11-5-7(10)4-9/h4H,5-6H2,1-3H3/b7-4-. The molecule has 0 amide bonds. The predicted octanol–water partition coefficient (Wildman–Crippen LogP) is 4.08. The molecular formula is C8H14Cl2S. The predicted molar refractivity (Wildman–Crippen MR) is 56.6 cm³/mol. The van der Waals surface area contributed by atoms with Crippen LogP contribution in [0, 0.1) is 5.41 Å². The van der Waals surface area contributed by atoms with E-state index in [1.807, 2.05) is 11.8 Å². The average molecular weight is 213 g/mol. The fourth-order valence-corrected chi connectivity index (χ4v) is 1.88. The molecule has 0 aliphatic carbocycles. The molecule has 0 rings (SSSR count). The second-order valence-electron chi connectivity index (χ2n) is 3.61. The van der Waals surface area contributed by atoms with Crippen molar-refractivity contribution >= 4 is 35.0 Å². The van der Waals surface area contributed by atoms with Crippen molar-refractivity contribution in [3.8, 4) is 0 Å². The smallest absolute Gasteiger partial charge is 0.0392 e. The first-order chi connectivity index (χ1) is 4.95. The fraction of sp³-hybridized carbons (Fsp3) is 0.750. The third-order valence-electron chi connectivity index (χ3n) is 0.893. The molecule has 0 spiro atoms. The molecule has 11 heavy (non-hydrogen) atoms. The normalized spacial score (nSPS) is 13.7. The zero-order chi connectivity index (χ0) is 8.91. The Bertz CT molecular complexity index is 136. The Morgan fingerprint density at radius 2 is 2.00 bits per heavy atom. The second kappa shape index (κ2) is 5.34. The maximum absolute atomic E-state index is 5.70. The van der Waals surface area contributed by atoms with E-state index in [1.165, 1.54) is 5.54 Å². The quantitative estimate of drug-likeness (QED) is 0.680. The first kappa shape index (κ1) is 11.7. The van der Waals surface area contributed by atoms with Crippen LogP contribution < -0.4 is 0 Å². The lowest BCUT2D eigenvalue weighted by Gasteiger charge is -2.16. The van der Waals surface area contributed by atoms with Crippen molar-refractivity contribution in [3.63, 3.8) is 0 Å². The summed E-state index contributed by atoms with van der Waals surface area (Å²) >= 11 is 12.9. The van der Waals surface area contributed by atoms with E-state index in [4.69, 9.17) is 23.2 Å². The van der Waals surface area contributed by atoms with Gasteiger partial charge in [0.2, 0.25) is 0 Å². The van der Waals surface area contributed by atoms with Gasteiger partial charge in [-0.05, 0) is 11.2 Å². The highest BCUT2D eigenvalue weighted by molar-refractivity contribution is 7.99. The Morgan fingerprint density at radius 3 is 2.36 bits per heavy atom. The summed E-state index contributed by atoms with van der Waals surface area (Å²) in [5.41, 5.74) is 1.80. The van der Waals surface area contributed by atoms with Gasteiger partial charge in [0.05, 0.1) is 0 Å². The molecule has 0 aromatic heterocycles. The molecule has 0 saturated heterocycles. The summed E-state index contributed by atoms with van der Waals surface area (Å²) in [5.74, 6) is 1.93. The molecule has 0 aromatic rings. The van der Waals surface area contributed by atoms with Crippen LogP contribution in [-0.2, 0) is 0 Å². The number of rotatable bonds is 3. The van der Waals surface area contributed by atoms with Crippen molar-refractivity contribution in [2.45, 2.75) is 20.8 Å². The number of halogens is 2. The zero-order valence-corrected chi connectivity index (χ0v) is 9.48. The lowest BCUT2D eigenvalue weighted by Crippen LogP contribution is -2.08. The highest BCUT2D eigenvalue weighted by Crippen LogP contribution is 2.22. The van der Waals surface area contributed by atoms with E-state index >= 15 is 0 Å². The van der Waals surface area contributed by atoms with Gasteiger partial charge in [-0.1, -0.05) is 44.0 Å². The van der Waals surface area contributed by atoms with Gasteiger partial charge < -0.3 is 0 Å². The molecule has 0 saturated carbocycles. The Balaban J connectivity index is 3.43. The monoisotopic (exact) mass is 212 g/mol. The molecule has 0 N–H and O–H groups in total. The molecule has 0 aliphatic rings. The fourth-order valence-electron chi connectivity index (χ4n) is 0.486. The van der Waals surface area contributed by atoms with Crippen molar-refractivity contribution in [1.82, 2.24) is 0 Å². The van der Waals surface area contributed by atoms with Crippen LogP contribution in [-0.4, -0.2) is 11.5 Å². The Hall–Kier alpha value is 0.670. The number of hydrogen-bond acceptors (Lipinski definition) is 1. The summed E-state index contributed by atoms with van der Waals surface area (Å²) in [4.78, 5) is 0. The van der Waals surface area contributed by atoms with Gasteiger partial charge in [-0.25, -0.2) is 0 Å². The van der Waals surface area contributed by atoms with Gasteiger partial charge in [0.15, 0.2) is 0 Å². The lowest BCUT2D eigenvalue weighted by atomic mass is 10.0. The maximum atomic E-state index is 5.70. The van der Waals surface area contributed by atoms with Gasteiger partial charge in [0.1, 0.15) is 0 Å². The van der Waals surface area contributed by atoms with Crippen LogP contribution in [0.25, 0.3) is 0 Å². The van der Waals surface area contributed by atoms with E-state index in [1.54, 1.807) is 0 Å². The summed E-state index contributed by atoms with van der Waals surface area (Å²) in [7, 11) is 0. The van der Waals surface area contributed by atoms with E-state index in [2.05, 4.69) is 20.8 Å². The molecule has 0 aliphatic heterocycles. The summed E-state index contributed by atoms with van der Waals surface area (Å²) in [6, 6.07) is 0. The van der Waals surface area contributed by atoms with Gasteiger partial charge in [0.25, 0.3) is 0 Å². The molecule has 66 valence electrons. The second-order valence-corrected chi connectivity index (χ2v) is 5.30. The highest BCUT2D eigenvalue weighted by Gasteiger charge is 2.09. The minimum atomic E-state index is 0.369. The molecule has 0 aromatic carbocycles. The largest absolute Gasteiger partial charge is 0.156 e. The minimum Gasteiger partial charge on any atom is -0.156 e. The molecular weight excluding hydrogens is 199 g/mol. The summed E-state index contributed by atoms with van der Waals surface area (Å²) in [6.45, 7) is 6.62. The number of thioether (sulfide) groups is 1. The van der Waals surface area contributed by atoms with Crippen LogP contribution >= 0.6 is 35.0 Å². The average Bonchev–Trinajstić information content (AvgIpc) is 1.85. The van der Waals surface area contributed by atoms with Crippen LogP contribution in [0.2, 0.25) is 0 Å². The van der Waals surface area contributed by atoms with Crippen molar-refractivity contribution < 1.29 is 0 Å². The molecule has 0 heterocycles. The summed E-state index contributed by atoms with van der Waals surface area (Å²) in [5, 5.41) is 0.723. The zero-order valence-electron chi connectivity index (χ0n) is 7.16. The van der Waals surface area contributed by atoms with Crippen LogP contribution in [0.15, 0.2) is 10.6 Å². The molecule has 0 nitrogen and oxygen atoms in total. The first-order valence-corrected chi connectivity index (χ1v) is 5.45. The van der Waals surface area contributed by atoms with E-state index < -0.39 is 0 Å². The van der Waals surface area contributed by atoms with Crippen molar-refractivity contribution in [2.24, 2.45) is 5.41 Å². The van der Waals surface area contributed by atoms with Crippen molar-refractivity contribution in [3.05, 3.63) is 10.6 Å². The van der Waals surface area contributed by atoms with Crippen LogP contribution in [0.3, 0.4) is 0 Å². The highest BCUT2D eigenvalue weighted by atomic mass is 35.5. The van der Waals surface area contributed by atoms with E-state index in [0.717, 1.165) is 16.5 Å². The Labute approximate surface area is 83.3 Å². The Morgan fingerprint density at radius 1 is 1.45 bits per heavy atom. The van der Waals surface area contributed by atoms with Crippen LogP contribution in [0.5, 0.6) is 0 Å². The van der Waals surface area contributed by atoms with Crippen molar-refractivity contribution in [1.29, 1.82) is 0 Å². The first-order valence-electron chi connectivity index (χ1n) is 3.48. The third kappa shape index (κ3) is 8.58. The summed E-state index contributed by atoms with van der Waals surface area (Å²) < 4.78 is 0. The van der Waals surface area contributed by atoms with Gasteiger partial charge >= 0.3 is 0 Å². The maximum Gasteiger partial charge on any atom is 0.0392 e. The molecule has 0 radical (unpaired) electrons. The molecule has 3 heteroatoms. The Kier molecular flexibility index (Phi) is 5.66. The van der Waals surface area contributed by atoms with Gasteiger partial charge in [-0.3, -0.25) is 0 Å². The summed E-state index contributed by atoms with van der Waals surface area (Å²) in [6.07, 6.45) is 0. The minimum absolute atomic E-state index is 0.369. The topological polar surface area (TPSA) is 0 Å². The lowest BCUT2D eigenvalue weighted by molar-refractivity contribution is 0.481. The van der Waals surface area contributed by atoms with E-state index in [0.29, 0.717) is 5.41 Å².